The normalized spacial score (nSPS) is 10.6. The highest BCUT2D eigenvalue weighted by Crippen LogP contribution is 2.24. The Hall–Kier alpha value is -3.41. The number of carbonyl (C=O) groups excluding carboxylic acids is 2. The number of methoxy groups -OCH3 is 1. The number of amides is 2. The van der Waals surface area contributed by atoms with Crippen LogP contribution in [0.2, 0.25) is 5.02 Å². The number of aromatic nitrogens is 4. The first kappa shape index (κ1) is 23.7. The van der Waals surface area contributed by atoms with Gasteiger partial charge in [-0.05, 0) is 36.4 Å². The summed E-state index contributed by atoms with van der Waals surface area (Å²) in [6.07, 6.45) is 1.62. The van der Waals surface area contributed by atoms with Crippen LogP contribution in [0.3, 0.4) is 0 Å². The number of nitrogens with zero attached hydrogens (tertiary/aromatic N) is 4. The monoisotopic (exact) mass is 514 g/mol. The molecule has 0 fully saturated rings. The number of benzene rings is 2. The van der Waals surface area contributed by atoms with Crippen LogP contribution >= 0.6 is 34.7 Å². The van der Waals surface area contributed by atoms with E-state index < -0.39 is 0 Å². The predicted octanol–water partition coefficient (Wildman–Crippen LogP) is 4.05. The largest absolute Gasteiger partial charge is 0.497 e. The Labute approximate surface area is 208 Å². The molecule has 9 nitrogen and oxygen atoms in total. The van der Waals surface area contributed by atoms with Gasteiger partial charge in [0, 0.05) is 22.2 Å². The standard InChI is InChI=1S/C22H19ClN6O3S2/c1-32-17-7-2-4-14(10-17)20(31)25-12-18-27-28-22(29(18)16-6-3-5-15(23)11-16)34-13-19(30)26-21-24-8-9-33-21/h2-11H,12-13H2,1H3,(H,25,31)(H,24,26,30). The van der Waals surface area contributed by atoms with Gasteiger partial charge in [-0.25, -0.2) is 4.98 Å². The number of carbonyl (C=O) groups is 2. The molecule has 0 spiro atoms. The third-order valence-corrected chi connectivity index (χ3v) is 6.37. The van der Waals surface area contributed by atoms with Gasteiger partial charge in [0.25, 0.3) is 5.91 Å². The molecule has 0 aliphatic heterocycles. The quantitative estimate of drug-likeness (QED) is 0.324. The molecule has 4 aromatic rings. The van der Waals surface area contributed by atoms with Crippen molar-refractivity contribution < 1.29 is 14.3 Å². The maximum absolute atomic E-state index is 12.7. The van der Waals surface area contributed by atoms with Gasteiger partial charge in [0.05, 0.1) is 25.1 Å². The molecule has 174 valence electrons. The Morgan fingerprint density at radius 3 is 2.79 bits per heavy atom. The van der Waals surface area contributed by atoms with E-state index >= 15 is 0 Å². The molecule has 2 heterocycles. The molecule has 4 rings (SSSR count). The highest BCUT2D eigenvalue weighted by Gasteiger charge is 2.18. The average Bonchev–Trinajstić information content (AvgIpc) is 3.51. The molecule has 0 saturated carbocycles. The summed E-state index contributed by atoms with van der Waals surface area (Å²) in [4.78, 5) is 29.0. The van der Waals surface area contributed by atoms with Gasteiger partial charge in [-0.3, -0.25) is 14.2 Å². The lowest BCUT2D eigenvalue weighted by molar-refractivity contribution is -0.113. The summed E-state index contributed by atoms with van der Waals surface area (Å²) in [6, 6.07) is 14.0. The second-order valence-electron chi connectivity index (χ2n) is 6.80. The molecule has 34 heavy (non-hydrogen) atoms. The van der Waals surface area contributed by atoms with E-state index in [2.05, 4.69) is 25.8 Å². The van der Waals surface area contributed by atoms with E-state index in [1.165, 1.54) is 23.1 Å². The molecule has 2 amide bonds. The van der Waals surface area contributed by atoms with Gasteiger partial charge >= 0.3 is 0 Å². The Kier molecular flexibility index (Phi) is 7.78. The van der Waals surface area contributed by atoms with Crippen molar-refractivity contribution in [3.8, 4) is 11.4 Å². The molecule has 0 atom stereocenters. The van der Waals surface area contributed by atoms with Crippen LogP contribution in [0.15, 0.2) is 65.3 Å². The number of thiazole rings is 1. The number of ether oxygens (including phenoxy) is 1. The van der Waals surface area contributed by atoms with Gasteiger partial charge in [-0.2, -0.15) is 0 Å². The van der Waals surface area contributed by atoms with Crippen molar-refractivity contribution in [3.63, 3.8) is 0 Å². The van der Waals surface area contributed by atoms with Crippen LogP contribution in [0, 0.1) is 0 Å². The zero-order chi connectivity index (χ0) is 23.9. The maximum Gasteiger partial charge on any atom is 0.251 e. The molecule has 2 aromatic carbocycles. The van der Waals surface area contributed by atoms with Crippen molar-refractivity contribution in [2.75, 3.05) is 18.2 Å². The molecular weight excluding hydrogens is 496 g/mol. The first-order chi connectivity index (χ1) is 16.5. The number of hydrogen-bond acceptors (Lipinski definition) is 8. The number of halogens is 1. The Bertz CT molecular complexity index is 1300. The van der Waals surface area contributed by atoms with E-state index in [4.69, 9.17) is 16.3 Å². The third-order valence-electron chi connectivity index (χ3n) is 4.52. The smallest absolute Gasteiger partial charge is 0.251 e. The minimum absolute atomic E-state index is 0.106. The molecular formula is C22H19ClN6O3S2. The van der Waals surface area contributed by atoms with Crippen LogP contribution in [0.5, 0.6) is 5.75 Å². The first-order valence-electron chi connectivity index (χ1n) is 9.98. The summed E-state index contributed by atoms with van der Waals surface area (Å²) < 4.78 is 6.94. The van der Waals surface area contributed by atoms with Crippen molar-refractivity contribution in [1.29, 1.82) is 0 Å². The zero-order valence-electron chi connectivity index (χ0n) is 17.9. The van der Waals surface area contributed by atoms with E-state index in [0.29, 0.717) is 38.1 Å². The Balaban J connectivity index is 1.51. The maximum atomic E-state index is 12.7. The fraction of sp³-hybridized carbons (Fsp3) is 0.136. The minimum Gasteiger partial charge on any atom is -0.497 e. The molecule has 12 heteroatoms. The zero-order valence-corrected chi connectivity index (χ0v) is 20.3. The minimum atomic E-state index is -0.281. The molecule has 0 aliphatic carbocycles. The van der Waals surface area contributed by atoms with Gasteiger partial charge < -0.3 is 15.4 Å². The van der Waals surface area contributed by atoms with E-state index in [0.717, 1.165) is 0 Å². The Morgan fingerprint density at radius 1 is 1.18 bits per heavy atom. The molecule has 2 N–H and O–H groups in total. The lowest BCUT2D eigenvalue weighted by Crippen LogP contribution is -2.24. The number of hydrogen-bond donors (Lipinski definition) is 2. The summed E-state index contributed by atoms with van der Waals surface area (Å²) in [5.41, 5.74) is 1.17. The number of rotatable bonds is 9. The van der Waals surface area contributed by atoms with Gasteiger partial charge in [0.2, 0.25) is 5.91 Å². The number of anilines is 1. The second-order valence-corrected chi connectivity index (χ2v) is 9.08. The van der Waals surface area contributed by atoms with Crippen molar-refractivity contribution >= 4 is 51.6 Å². The molecule has 0 saturated heterocycles. The summed E-state index contributed by atoms with van der Waals surface area (Å²) in [5.74, 6) is 0.685. The lowest BCUT2D eigenvalue weighted by atomic mass is 10.2. The van der Waals surface area contributed by atoms with Crippen LogP contribution in [0.1, 0.15) is 16.2 Å². The molecule has 2 aromatic heterocycles. The van der Waals surface area contributed by atoms with E-state index in [1.54, 1.807) is 65.7 Å². The van der Waals surface area contributed by atoms with Crippen LogP contribution in [-0.2, 0) is 11.3 Å². The highest BCUT2D eigenvalue weighted by molar-refractivity contribution is 7.99. The van der Waals surface area contributed by atoms with Crippen molar-refractivity contribution in [2.45, 2.75) is 11.7 Å². The SMILES string of the molecule is COc1cccc(C(=O)NCc2nnc(SCC(=O)Nc3nccs3)n2-c2cccc(Cl)c2)c1. The van der Waals surface area contributed by atoms with E-state index in [9.17, 15) is 9.59 Å². The summed E-state index contributed by atoms with van der Waals surface area (Å²) in [7, 11) is 1.54. The van der Waals surface area contributed by atoms with Crippen LogP contribution in [0.25, 0.3) is 5.69 Å². The fourth-order valence-electron chi connectivity index (χ4n) is 2.98. The summed E-state index contributed by atoms with van der Waals surface area (Å²) >= 11 is 8.75. The lowest BCUT2D eigenvalue weighted by Gasteiger charge is -2.11. The summed E-state index contributed by atoms with van der Waals surface area (Å²) in [6.45, 7) is 0.113. The molecule has 0 unspecified atom stereocenters. The second kappa shape index (κ2) is 11.1. The Morgan fingerprint density at radius 2 is 2.03 bits per heavy atom. The number of thioether (sulfide) groups is 1. The molecule has 0 radical (unpaired) electrons. The highest BCUT2D eigenvalue weighted by atomic mass is 35.5. The van der Waals surface area contributed by atoms with Gasteiger partial charge in [0.15, 0.2) is 16.1 Å². The van der Waals surface area contributed by atoms with Crippen LogP contribution < -0.4 is 15.4 Å². The third kappa shape index (κ3) is 5.93. The first-order valence-corrected chi connectivity index (χ1v) is 12.2. The molecule has 0 bridgehead atoms. The number of nitrogens with one attached hydrogen (secondary N) is 2. The van der Waals surface area contributed by atoms with Crippen molar-refractivity contribution in [2.24, 2.45) is 0 Å². The van der Waals surface area contributed by atoms with Crippen molar-refractivity contribution in [3.05, 3.63) is 76.5 Å². The summed E-state index contributed by atoms with van der Waals surface area (Å²) in [5, 5.41) is 17.4. The van der Waals surface area contributed by atoms with Crippen molar-refractivity contribution in [1.82, 2.24) is 25.1 Å². The average molecular weight is 515 g/mol. The van der Waals surface area contributed by atoms with Gasteiger partial charge in [0.1, 0.15) is 5.75 Å². The van der Waals surface area contributed by atoms with Crippen LogP contribution in [0.4, 0.5) is 5.13 Å². The van der Waals surface area contributed by atoms with Gasteiger partial charge in [-0.1, -0.05) is 35.5 Å². The van der Waals surface area contributed by atoms with E-state index in [1.807, 2.05) is 6.07 Å². The fourth-order valence-corrected chi connectivity index (χ4v) is 4.48. The van der Waals surface area contributed by atoms with Gasteiger partial charge in [-0.15, -0.1) is 21.5 Å². The predicted molar refractivity (Wildman–Crippen MR) is 132 cm³/mol. The van der Waals surface area contributed by atoms with E-state index in [-0.39, 0.29) is 24.1 Å². The van der Waals surface area contributed by atoms with Crippen LogP contribution in [-0.4, -0.2) is 44.4 Å². The molecule has 0 aliphatic rings. The topological polar surface area (TPSA) is 111 Å².